The fourth-order valence-corrected chi connectivity index (χ4v) is 5.58. The number of carbonyl (C=O) groups is 1. The Hall–Kier alpha value is -2.32. The predicted octanol–water partition coefficient (Wildman–Crippen LogP) is 2.76. The molecule has 2 amide bonds. The van der Waals surface area contributed by atoms with Gasteiger partial charge in [0.25, 0.3) is 10.0 Å². The van der Waals surface area contributed by atoms with Crippen LogP contribution in [0.5, 0.6) is 0 Å². The van der Waals surface area contributed by atoms with Crippen LogP contribution in [0.4, 0.5) is 10.5 Å². The molecule has 0 radical (unpaired) electrons. The summed E-state index contributed by atoms with van der Waals surface area (Å²) in [6.07, 6.45) is 5.62. The second-order valence-corrected chi connectivity index (χ2v) is 9.69. The molecular weight excluding hydrogens is 390 g/mol. The molecule has 1 aromatic heterocycles. The lowest BCUT2D eigenvalue weighted by molar-refractivity contribution is 0.250. The Bertz CT molecular complexity index is 1100. The van der Waals surface area contributed by atoms with Crippen molar-refractivity contribution in [3.05, 3.63) is 45.7 Å². The maximum atomic E-state index is 12.7. The first-order valence-electron chi connectivity index (χ1n) is 10.3. The highest BCUT2D eigenvalue weighted by atomic mass is 32.2. The molecule has 0 saturated heterocycles. The third kappa shape index (κ3) is 3.24. The minimum atomic E-state index is -4.06. The van der Waals surface area contributed by atoms with Crippen molar-refractivity contribution in [1.29, 1.82) is 0 Å². The summed E-state index contributed by atoms with van der Waals surface area (Å²) < 4.78 is 33.2. The number of likely N-dealkylation sites (N-methyl/N-ethyl adjacent to an activating group) is 1. The van der Waals surface area contributed by atoms with E-state index in [1.54, 1.807) is 6.07 Å². The number of amides is 2. The zero-order valence-electron chi connectivity index (χ0n) is 16.5. The van der Waals surface area contributed by atoms with Crippen molar-refractivity contribution in [1.82, 2.24) is 9.62 Å². The Morgan fingerprint density at radius 3 is 2.62 bits per heavy atom. The van der Waals surface area contributed by atoms with E-state index in [1.165, 1.54) is 11.1 Å². The van der Waals surface area contributed by atoms with E-state index < -0.39 is 16.1 Å². The molecular formula is C21H25N3O4S. The average molecular weight is 416 g/mol. The van der Waals surface area contributed by atoms with E-state index in [0.29, 0.717) is 18.7 Å². The van der Waals surface area contributed by atoms with Crippen molar-refractivity contribution in [3.8, 4) is 0 Å². The van der Waals surface area contributed by atoms with Crippen molar-refractivity contribution in [3.63, 3.8) is 0 Å². The molecule has 0 fully saturated rings. The number of hydrogen-bond donors (Lipinski definition) is 2. The van der Waals surface area contributed by atoms with E-state index in [1.807, 2.05) is 0 Å². The van der Waals surface area contributed by atoms with Crippen LogP contribution < -0.4 is 10.0 Å². The predicted molar refractivity (Wildman–Crippen MR) is 109 cm³/mol. The van der Waals surface area contributed by atoms with Crippen molar-refractivity contribution >= 4 is 21.7 Å². The molecule has 8 heteroatoms. The molecule has 29 heavy (non-hydrogen) atoms. The van der Waals surface area contributed by atoms with E-state index in [-0.39, 0.29) is 5.09 Å². The van der Waals surface area contributed by atoms with Gasteiger partial charge in [0.15, 0.2) is 0 Å². The number of nitrogens with one attached hydrogen (secondary N) is 2. The quantitative estimate of drug-likeness (QED) is 0.801. The summed E-state index contributed by atoms with van der Waals surface area (Å²) in [5.74, 6) is 0.692. The molecule has 2 N–H and O–H groups in total. The fourth-order valence-electron chi connectivity index (χ4n) is 4.67. The van der Waals surface area contributed by atoms with Crippen LogP contribution >= 0.6 is 0 Å². The van der Waals surface area contributed by atoms with Gasteiger partial charge in [0.1, 0.15) is 5.76 Å². The molecule has 7 nitrogen and oxygen atoms in total. The topological polar surface area (TPSA) is 91.7 Å². The number of aryl methyl sites for hydroxylation is 2. The highest BCUT2D eigenvalue weighted by Crippen LogP contribution is 2.39. The lowest BCUT2D eigenvalue weighted by atomic mass is 9.83. The molecule has 1 aliphatic heterocycles. The maximum absolute atomic E-state index is 12.7. The third-order valence-corrected chi connectivity index (χ3v) is 7.53. The zero-order chi connectivity index (χ0) is 20.2. The van der Waals surface area contributed by atoms with E-state index in [9.17, 15) is 13.2 Å². The monoisotopic (exact) mass is 415 g/mol. The van der Waals surface area contributed by atoms with Crippen molar-refractivity contribution < 1.29 is 17.6 Å². The van der Waals surface area contributed by atoms with Crippen LogP contribution in [0.2, 0.25) is 0 Å². The average Bonchev–Trinajstić information content (AvgIpc) is 3.30. The zero-order valence-corrected chi connectivity index (χ0v) is 17.3. The number of hydrogen-bond acceptors (Lipinski definition) is 5. The first-order chi connectivity index (χ1) is 13.9. The van der Waals surface area contributed by atoms with E-state index >= 15 is 0 Å². The smallest absolute Gasteiger partial charge is 0.333 e. The molecule has 154 valence electrons. The molecule has 5 rings (SSSR count). The molecule has 2 aromatic rings. The summed E-state index contributed by atoms with van der Waals surface area (Å²) in [6.45, 7) is 4.48. The first kappa shape index (κ1) is 18.7. The summed E-state index contributed by atoms with van der Waals surface area (Å²) in [7, 11) is -4.06. The van der Waals surface area contributed by atoms with Gasteiger partial charge in [-0.15, -0.1) is 0 Å². The summed E-state index contributed by atoms with van der Waals surface area (Å²) in [5.41, 5.74) is 6.53. The first-order valence-corrected chi connectivity index (χ1v) is 11.8. The van der Waals surface area contributed by atoms with Gasteiger partial charge in [-0.25, -0.2) is 9.52 Å². The number of urea groups is 1. The lowest BCUT2D eigenvalue weighted by Crippen LogP contribution is -2.35. The highest BCUT2D eigenvalue weighted by molar-refractivity contribution is 7.89. The number of nitrogens with zero attached hydrogens (tertiary/aromatic N) is 1. The minimum Gasteiger partial charge on any atom is -0.447 e. The van der Waals surface area contributed by atoms with Gasteiger partial charge in [0.2, 0.25) is 5.09 Å². The third-order valence-electron chi connectivity index (χ3n) is 6.35. The maximum Gasteiger partial charge on any atom is 0.333 e. The lowest BCUT2D eigenvalue weighted by Gasteiger charge is -2.26. The van der Waals surface area contributed by atoms with E-state index in [2.05, 4.69) is 27.9 Å². The Balaban J connectivity index is 1.35. The van der Waals surface area contributed by atoms with Crippen LogP contribution in [0.15, 0.2) is 21.6 Å². The number of sulfonamides is 1. The van der Waals surface area contributed by atoms with Gasteiger partial charge >= 0.3 is 6.03 Å². The summed E-state index contributed by atoms with van der Waals surface area (Å²) in [4.78, 5) is 14.8. The minimum absolute atomic E-state index is 0.193. The Morgan fingerprint density at radius 2 is 1.86 bits per heavy atom. The van der Waals surface area contributed by atoms with Gasteiger partial charge in [-0.1, -0.05) is 13.0 Å². The number of fused-ring (bicyclic) bond motifs is 3. The molecule has 2 aliphatic carbocycles. The standard InChI is InChI=1S/C21H25N3O4S/c1-2-24-9-8-18-15(12-24)11-19(28-18)29(26,27)23-21(25)22-20-16-5-3-4-13(16)10-14-6-7-17(14)20/h10-11H,2-9,12H2,1H3,(H2,22,23,25). The van der Waals surface area contributed by atoms with Gasteiger partial charge < -0.3 is 9.73 Å². The van der Waals surface area contributed by atoms with Crippen LogP contribution in [-0.4, -0.2) is 32.4 Å². The normalized spacial score (nSPS) is 17.8. The molecule has 0 saturated carbocycles. The molecule has 1 aromatic carbocycles. The second-order valence-electron chi connectivity index (χ2n) is 8.07. The number of carbonyl (C=O) groups excluding carboxylic acids is 1. The van der Waals surface area contributed by atoms with Crippen LogP contribution in [-0.2, 0) is 48.7 Å². The van der Waals surface area contributed by atoms with Gasteiger partial charge in [-0.3, -0.25) is 4.90 Å². The highest BCUT2D eigenvalue weighted by Gasteiger charge is 2.30. The van der Waals surface area contributed by atoms with Crippen LogP contribution in [0, 0.1) is 0 Å². The van der Waals surface area contributed by atoms with Crippen LogP contribution in [0.1, 0.15) is 46.9 Å². The molecule has 0 atom stereocenters. The van der Waals surface area contributed by atoms with E-state index in [0.717, 1.165) is 67.6 Å². The number of anilines is 1. The molecule has 2 heterocycles. The number of benzene rings is 1. The van der Waals surface area contributed by atoms with Gasteiger partial charge in [0.05, 0.1) is 0 Å². The Labute approximate surface area is 170 Å². The van der Waals surface area contributed by atoms with E-state index in [4.69, 9.17) is 4.42 Å². The molecule has 0 unspecified atom stereocenters. The molecule has 0 bridgehead atoms. The van der Waals surface area contributed by atoms with Crippen LogP contribution in [0.25, 0.3) is 0 Å². The van der Waals surface area contributed by atoms with Crippen molar-refractivity contribution in [2.75, 3.05) is 18.4 Å². The summed E-state index contributed by atoms with van der Waals surface area (Å²) in [6, 6.07) is 3.05. The molecule has 3 aliphatic rings. The van der Waals surface area contributed by atoms with Crippen molar-refractivity contribution in [2.45, 2.75) is 57.1 Å². The SMILES string of the molecule is CCN1CCc2oc(S(=O)(=O)NC(=O)Nc3c4c(cc5c3CC5)CCC4)cc2C1. The van der Waals surface area contributed by atoms with Gasteiger partial charge in [0, 0.05) is 36.8 Å². The summed E-state index contributed by atoms with van der Waals surface area (Å²) >= 11 is 0. The summed E-state index contributed by atoms with van der Waals surface area (Å²) in [5, 5.41) is 2.63. The molecule has 0 spiro atoms. The number of furan rings is 1. The second kappa shape index (κ2) is 6.88. The van der Waals surface area contributed by atoms with Gasteiger partial charge in [-0.05, 0) is 60.9 Å². The van der Waals surface area contributed by atoms with Gasteiger partial charge in [-0.2, -0.15) is 8.42 Å². The Morgan fingerprint density at radius 1 is 1.07 bits per heavy atom. The largest absolute Gasteiger partial charge is 0.447 e. The van der Waals surface area contributed by atoms with Crippen molar-refractivity contribution in [2.24, 2.45) is 0 Å². The Kier molecular flexibility index (Phi) is 4.43. The number of rotatable bonds is 4. The van der Waals surface area contributed by atoms with Crippen LogP contribution in [0.3, 0.4) is 0 Å². The fraction of sp³-hybridized carbons (Fsp3) is 0.476.